The smallest absolute Gasteiger partial charge is 0.273 e. The zero-order valence-electron chi connectivity index (χ0n) is 12.0. The molecule has 0 spiro atoms. The SMILES string of the molecule is O=c1cc(-c2ccccc2)nc2cc(-c3ccc(Cl)cc3)[nH]n12. The molecule has 2 aromatic carbocycles. The molecule has 0 bridgehead atoms. The number of nitrogens with zero attached hydrogens (tertiary/aromatic N) is 2. The van der Waals surface area contributed by atoms with Gasteiger partial charge in [0.1, 0.15) is 0 Å². The fraction of sp³-hybridized carbons (Fsp3) is 0. The molecule has 0 aliphatic heterocycles. The number of fused-ring (bicyclic) bond motifs is 1. The molecule has 1 N–H and O–H groups in total. The second-order valence-corrected chi connectivity index (χ2v) is 5.65. The number of rotatable bonds is 2. The number of hydrogen-bond donors (Lipinski definition) is 1. The van der Waals surface area contributed by atoms with Gasteiger partial charge in [-0.15, -0.1) is 0 Å². The normalized spacial score (nSPS) is 11.0. The summed E-state index contributed by atoms with van der Waals surface area (Å²) in [4.78, 5) is 16.9. The molecule has 0 radical (unpaired) electrons. The van der Waals surface area contributed by atoms with Crippen molar-refractivity contribution in [2.24, 2.45) is 0 Å². The highest BCUT2D eigenvalue weighted by atomic mass is 35.5. The third-order valence-corrected chi connectivity index (χ3v) is 3.93. The molecule has 112 valence electrons. The third-order valence-electron chi connectivity index (χ3n) is 3.68. The van der Waals surface area contributed by atoms with Crippen LogP contribution < -0.4 is 5.56 Å². The Morgan fingerprint density at radius 2 is 1.65 bits per heavy atom. The maximum atomic E-state index is 12.3. The van der Waals surface area contributed by atoms with Crippen LogP contribution in [0.2, 0.25) is 5.02 Å². The zero-order valence-corrected chi connectivity index (χ0v) is 12.8. The summed E-state index contributed by atoms with van der Waals surface area (Å²) in [6, 6.07) is 20.5. The molecule has 0 fully saturated rings. The van der Waals surface area contributed by atoms with Gasteiger partial charge in [0.15, 0.2) is 5.65 Å². The van der Waals surface area contributed by atoms with Gasteiger partial charge in [0.2, 0.25) is 0 Å². The number of aromatic amines is 1. The van der Waals surface area contributed by atoms with Crippen molar-refractivity contribution in [2.45, 2.75) is 0 Å². The number of H-pyrrole nitrogens is 1. The van der Waals surface area contributed by atoms with Crippen molar-refractivity contribution in [3.05, 3.63) is 82.1 Å². The fourth-order valence-electron chi connectivity index (χ4n) is 2.53. The van der Waals surface area contributed by atoms with E-state index in [9.17, 15) is 4.79 Å². The first kappa shape index (κ1) is 13.8. The van der Waals surface area contributed by atoms with Crippen LogP contribution in [0.3, 0.4) is 0 Å². The van der Waals surface area contributed by atoms with E-state index >= 15 is 0 Å². The van der Waals surface area contributed by atoms with E-state index in [-0.39, 0.29) is 5.56 Å². The van der Waals surface area contributed by atoms with Crippen molar-refractivity contribution >= 4 is 17.2 Å². The number of benzene rings is 2. The summed E-state index contributed by atoms with van der Waals surface area (Å²) < 4.78 is 1.44. The van der Waals surface area contributed by atoms with Crippen LogP contribution >= 0.6 is 11.6 Å². The molecule has 0 aliphatic carbocycles. The van der Waals surface area contributed by atoms with E-state index in [1.54, 1.807) is 0 Å². The Hall–Kier alpha value is -2.85. The highest BCUT2D eigenvalue weighted by Gasteiger charge is 2.09. The molecule has 23 heavy (non-hydrogen) atoms. The Balaban J connectivity index is 1.87. The van der Waals surface area contributed by atoms with Gasteiger partial charge in [-0.1, -0.05) is 54.1 Å². The standard InChI is InChI=1S/C18H12ClN3O/c19-14-8-6-13(7-9-14)16-10-17-20-15(11-18(23)22(17)21-16)12-4-2-1-3-5-12/h1-11,21H. The maximum absolute atomic E-state index is 12.3. The number of halogens is 1. The molecule has 0 atom stereocenters. The molecule has 0 saturated heterocycles. The molecule has 0 unspecified atom stereocenters. The van der Waals surface area contributed by atoms with Gasteiger partial charge in [-0.25, -0.2) is 9.50 Å². The largest absolute Gasteiger partial charge is 0.289 e. The average Bonchev–Trinajstić information content (AvgIpc) is 3.01. The second-order valence-electron chi connectivity index (χ2n) is 5.22. The monoisotopic (exact) mass is 321 g/mol. The van der Waals surface area contributed by atoms with Crippen LogP contribution in [0.4, 0.5) is 0 Å². The molecule has 2 aromatic heterocycles. The first-order chi connectivity index (χ1) is 11.2. The van der Waals surface area contributed by atoms with Crippen molar-refractivity contribution in [2.75, 3.05) is 0 Å². The minimum absolute atomic E-state index is 0.144. The van der Waals surface area contributed by atoms with E-state index in [0.717, 1.165) is 16.8 Å². The molecule has 0 aliphatic rings. The lowest BCUT2D eigenvalue weighted by Gasteiger charge is -2.00. The van der Waals surface area contributed by atoms with Gasteiger partial charge in [0.25, 0.3) is 5.56 Å². The topological polar surface area (TPSA) is 50.2 Å². The van der Waals surface area contributed by atoms with Crippen LogP contribution in [0.25, 0.3) is 28.2 Å². The molecular formula is C18H12ClN3O. The van der Waals surface area contributed by atoms with Crippen LogP contribution in [-0.2, 0) is 0 Å². The van der Waals surface area contributed by atoms with Gasteiger partial charge >= 0.3 is 0 Å². The predicted molar refractivity (Wildman–Crippen MR) is 91.7 cm³/mol. The van der Waals surface area contributed by atoms with E-state index in [1.165, 1.54) is 10.6 Å². The molecule has 4 aromatic rings. The Kier molecular flexibility index (Phi) is 3.24. The van der Waals surface area contributed by atoms with E-state index in [1.807, 2.05) is 60.7 Å². The van der Waals surface area contributed by atoms with Crippen molar-refractivity contribution < 1.29 is 0 Å². The van der Waals surface area contributed by atoms with Crippen LogP contribution in [0, 0.1) is 0 Å². The van der Waals surface area contributed by atoms with E-state index in [2.05, 4.69) is 10.1 Å². The van der Waals surface area contributed by atoms with E-state index in [4.69, 9.17) is 11.6 Å². The molecule has 0 amide bonds. The Bertz CT molecular complexity index is 1030. The van der Waals surface area contributed by atoms with Gasteiger partial charge < -0.3 is 0 Å². The summed E-state index contributed by atoms with van der Waals surface area (Å²) in [5, 5.41) is 3.75. The third kappa shape index (κ3) is 2.53. The van der Waals surface area contributed by atoms with Crippen molar-refractivity contribution in [3.63, 3.8) is 0 Å². The molecule has 4 nitrogen and oxygen atoms in total. The van der Waals surface area contributed by atoms with Crippen molar-refractivity contribution in [1.29, 1.82) is 0 Å². The Morgan fingerprint density at radius 3 is 2.39 bits per heavy atom. The lowest BCUT2D eigenvalue weighted by atomic mass is 10.1. The lowest BCUT2D eigenvalue weighted by molar-refractivity contribution is 0.904. The fourth-order valence-corrected chi connectivity index (χ4v) is 2.65. The van der Waals surface area contributed by atoms with Crippen LogP contribution in [-0.4, -0.2) is 14.6 Å². The van der Waals surface area contributed by atoms with Crippen LogP contribution in [0.15, 0.2) is 71.5 Å². The highest BCUT2D eigenvalue weighted by molar-refractivity contribution is 6.30. The van der Waals surface area contributed by atoms with E-state index < -0.39 is 0 Å². The molecule has 0 saturated carbocycles. The minimum Gasteiger partial charge on any atom is -0.289 e. The molecule has 5 heteroatoms. The second kappa shape index (κ2) is 5.41. The minimum atomic E-state index is -0.144. The zero-order chi connectivity index (χ0) is 15.8. The molecule has 4 rings (SSSR count). The number of aromatic nitrogens is 3. The first-order valence-corrected chi connectivity index (χ1v) is 7.53. The first-order valence-electron chi connectivity index (χ1n) is 7.15. The summed E-state index contributed by atoms with van der Waals surface area (Å²) in [6.45, 7) is 0. The summed E-state index contributed by atoms with van der Waals surface area (Å²) in [7, 11) is 0. The average molecular weight is 322 g/mol. The van der Waals surface area contributed by atoms with Gasteiger partial charge in [0.05, 0.1) is 11.4 Å². The predicted octanol–water partition coefficient (Wildman–Crippen LogP) is 4.01. The summed E-state index contributed by atoms with van der Waals surface area (Å²) in [5.74, 6) is 0. The van der Waals surface area contributed by atoms with E-state index in [0.29, 0.717) is 16.4 Å². The van der Waals surface area contributed by atoms with Gasteiger partial charge in [-0.05, 0) is 17.7 Å². The summed E-state index contributed by atoms with van der Waals surface area (Å²) in [6.07, 6.45) is 0. The van der Waals surface area contributed by atoms with Crippen LogP contribution in [0.5, 0.6) is 0 Å². The molecular weight excluding hydrogens is 310 g/mol. The van der Waals surface area contributed by atoms with Gasteiger partial charge in [-0.2, -0.15) is 0 Å². The maximum Gasteiger partial charge on any atom is 0.273 e. The van der Waals surface area contributed by atoms with Gasteiger partial charge in [-0.3, -0.25) is 9.89 Å². The van der Waals surface area contributed by atoms with Crippen LogP contribution in [0.1, 0.15) is 0 Å². The molecule has 2 heterocycles. The summed E-state index contributed by atoms with van der Waals surface area (Å²) >= 11 is 5.91. The highest BCUT2D eigenvalue weighted by Crippen LogP contribution is 2.22. The van der Waals surface area contributed by atoms with Crippen molar-refractivity contribution in [3.8, 4) is 22.5 Å². The quantitative estimate of drug-likeness (QED) is 0.606. The number of nitrogens with one attached hydrogen (secondary N) is 1. The van der Waals surface area contributed by atoms with Crippen molar-refractivity contribution in [1.82, 2.24) is 14.6 Å². The van der Waals surface area contributed by atoms with Gasteiger partial charge in [0, 0.05) is 22.7 Å². The Morgan fingerprint density at radius 1 is 0.913 bits per heavy atom. The number of hydrogen-bond acceptors (Lipinski definition) is 2. The lowest BCUT2D eigenvalue weighted by Crippen LogP contribution is -2.14. The summed E-state index contributed by atoms with van der Waals surface area (Å²) in [5.41, 5.74) is 3.78. The Labute approximate surface area is 137 Å².